The Morgan fingerprint density at radius 2 is 1.19 bits per heavy atom. The summed E-state index contributed by atoms with van der Waals surface area (Å²) in [5, 5.41) is 8.52. The number of hydrogen-bond acceptors (Lipinski definition) is 7. The minimum atomic E-state index is -0.459. The van der Waals surface area contributed by atoms with Crippen LogP contribution in [0.3, 0.4) is 0 Å². The lowest BCUT2D eigenvalue weighted by atomic mass is 10.1. The molecule has 0 aliphatic heterocycles. The fourth-order valence-corrected chi connectivity index (χ4v) is 4.45. The van der Waals surface area contributed by atoms with E-state index in [1.54, 1.807) is 0 Å². The zero-order chi connectivity index (χ0) is 31.6. The first-order valence-corrected chi connectivity index (χ1v) is 16.5. The molecule has 3 N–H and O–H groups in total. The highest BCUT2D eigenvalue weighted by molar-refractivity contribution is 9.09. The maximum Gasteiger partial charge on any atom is 0.407 e. The molecule has 0 bridgehead atoms. The summed E-state index contributed by atoms with van der Waals surface area (Å²) in [5.41, 5.74) is 0.451. The van der Waals surface area contributed by atoms with E-state index in [9.17, 15) is 14.4 Å². The van der Waals surface area contributed by atoms with Crippen LogP contribution in [0.15, 0.2) is 30.3 Å². The Hall–Kier alpha value is -2.21. The van der Waals surface area contributed by atoms with Crippen LogP contribution in [0.5, 0.6) is 0 Å². The quantitative estimate of drug-likeness (QED) is 0.0934. The number of alkyl halides is 1. The van der Waals surface area contributed by atoms with Crippen molar-refractivity contribution < 1.29 is 33.3 Å². The predicted octanol–water partition coefficient (Wildman–Crippen LogP) is 5.44. The van der Waals surface area contributed by atoms with E-state index >= 15 is 0 Å². The second kappa shape index (κ2) is 25.2. The molecule has 0 spiro atoms. The molecule has 11 heteroatoms. The zero-order valence-electron chi connectivity index (χ0n) is 26.4. The Labute approximate surface area is 266 Å². The first kappa shape index (κ1) is 38.8. The summed E-state index contributed by atoms with van der Waals surface area (Å²) in [5.74, 6) is -0.0288. The van der Waals surface area contributed by atoms with Crippen molar-refractivity contribution in [3.63, 3.8) is 0 Å². The van der Waals surface area contributed by atoms with E-state index in [4.69, 9.17) is 18.9 Å². The number of amides is 3. The molecule has 0 fully saturated rings. The molecule has 0 aliphatic rings. The Bertz CT molecular complexity index is 868. The standard InChI is InChI=1S/C32H54BrN3O7/c1-32(2,3)43-31(39)36-18-14-9-7-5-4-6-8-13-17-28(37)34-19-21-40-23-25-42-26-24-41-22-20-35-30(38)29(33)27-15-11-10-12-16-27/h10-12,15-16,29H,4-9,13-14,17-26H2,1-3H3,(H,34,37)(H,35,38)(H,36,39). The molecular weight excluding hydrogens is 618 g/mol. The van der Waals surface area contributed by atoms with Crippen LogP contribution in [-0.2, 0) is 28.5 Å². The van der Waals surface area contributed by atoms with Gasteiger partial charge in [-0.25, -0.2) is 4.79 Å². The zero-order valence-corrected chi connectivity index (χ0v) is 28.0. The largest absolute Gasteiger partial charge is 0.444 e. The normalized spacial score (nSPS) is 12.0. The smallest absolute Gasteiger partial charge is 0.407 e. The molecule has 1 aromatic rings. The van der Waals surface area contributed by atoms with Crippen LogP contribution in [0.2, 0.25) is 0 Å². The molecule has 1 rings (SSSR count). The maximum absolute atomic E-state index is 12.1. The number of ether oxygens (including phenoxy) is 4. The molecule has 3 amide bonds. The van der Waals surface area contributed by atoms with E-state index in [-0.39, 0.29) is 22.7 Å². The highest BCUT2D eigenvalue weighted by atomic mass is 79.9. The van der Waals surface area contributed by atoms with Crippen LogP contribution in [0.4, 0.5) is 4.79 Å². The topological polar surface area (TPSA) is 124 Å². The number of halogens is 1. The Morgan fingerprint density at radius 3 is 1.77 bits per heavy atom. The third-order valence-electron chi connectivity index (χ3n) is 6.18. The summed E-state index contributed by atoms with van der Waals surface area (Å²) < 4.78 is 21.7. The van der Waals surface area contributed by atoms with Gasteiger partial charge in [-0.1, -0.05) is 84.8 Å². The summed E-state index contributed by atoms with van der Waals surface area (Å²) >= 11 is 3.41. The molecule has 1 unspecified atom stereocenters. The first-order chi connectivity index (χ1) is 20.7. The van der Waals surface area contributed by atoms with E-state index in [0.717, 1.165) is 44.1 Å². The lowest BCUT2D eigenvalue weighted by Crippen LogP contribution is -2.32. The summed E-state index contributed by atoms with van der Waals surface area (Å²) in [6, 6.07) is 9.52. The van der Waals surface area contributed by atoms with Gasteiger partial charge in [0.15, 0.2) is 0 Å². The van der Waals surface area contributed by atoms with Crippen LogP contribution >= 0.6 is 15.9 Å². The molecule has 0 heterocycles. The Balaban J connectivity index is 1.78. The molecule has 1 aromatic carbocycles. The van der Waals surface area contributed by atoms with Crippen molar-refractivity contribution in [2.45, 2.75) is 89.0 Å². The van der Waals surface area contributed by atoms with Gasteiger partial charge in [-0.15, -0.1) is 0 Å². The predicted molar refractivity (Wildman–Crippen MR) is 172 cm³/mol. The number of unbranched alkanes of at least 4 members (excludes halogenated alkanes) is 7. The van der Waals surface area contributed by atoms with Gasteiger partial charge in [0.1, 0.15) is 10.4 Å². The minimum Gasteiger partial charge on any atom is -0.444 e. The third-order valence-corrected chi connectivity index (χ3v) is 7.12. The lowest BCUT2D eigenvalue weighted by molar-refractivity contribution is -0.122. The summed E-state index contributed by atoms with van der Waals surface area (Å²) in [7, 11) is 0. The Morgan fingerprint density at radius 1 is 0.674 bits per heavy atom. The van der Waals surface area contributed by atoms with Gasteiger partial charge in [-0.2, -0.15) is 0 Å². The first-order valence-electron chi connectivity index (χ1n) is 15.6. The number of alkyl carbamates (subject to hydrolysis) is 1. The summed E-state index contributed by atoms with van der Waals surface area (Å²) in [6.45, 7) is 9.82. The van der Waals surface area contributed by atoms with Crippen LogP contribution < -0.4 is 16.0 Å². The number of hydrogen-bond donors (Lipinski definition) is 3. The van der Waals surface area contributed by atoms with Crippen LogP contribution in [0, 0.1) is 0 Å². The molecule has 0 radical (unpaired) electrons. The van der Waals surface area contributed by atoms with Gasteiger partial charge in [0, 0.05) is 26.1 Å². The molecule has 1 atom stereocenters. The van der Waals surface area contributed by atoms with Crippen molar-refractivity contribution in [2.24, 2.45) is 0 Å². The molecule has 0 aromatic heterocycles. The van der Waals surface area contributed by atoms with Crippen LogP contribution in [-0.4, -0.2) is 82.8 Å². The second-order valence-electron chi connectivity index (χ2n) is 11.3. The lowest BCUT2D eigenvalue weighted by Gasteiger charge is -2.19. The van der Waals surface area contributed by atoms with Crippen molar-refractivity contribution >= 4 is 33.8 Å². The van der Waals surface area contributed by atoms with Crippen molar-refractivity contribution in [1.29, 1.82) is 0 Å². The number of carbonyl (C=O) groups is 3. The van der Waals surface area contributed by atoms with Crippen LogP contribution in [0.1, 0.15) is 88.9 Å². The highest BCUT2D eigenvalue weighted by Gasteiger charge is 2.16. The van der Waals surface area contributed by atoms with Crippen molar-refractivity contribution in [3.05, 3.63) is 35.9 Å². The minimum absolute atomic E-state index is 0.0670. The molecule has 246 valence electrons. The van der Waals surface area contributed by atoms with Gasteiger partial charge < -0.3 is 34.9 Å². The fourth-order valence-electron chi connectivity index (χ4n) is 3.98. The molecular formula is C32H54BrN3O7. The highest BCUT2D eigenvalue weighted by Crippen LogP contribution is 2.22. The van der Waals surface area contributed by atoms with Gasteiger partial charge in [-0.05, 0) is 39.2 Å². The Kier molecular flexibility index (Phi) is 22.7. The summed E-state index contributed by atoms with van der Waals surface area (Å²) in [4.78, 5) is 35.3. The summed E-state index contributed by atoms with van der Waals surface area (Å²) in [6.07, 6.45) is 8.87. The molecule has 0 aliphatic carbocycles. The van der Waals surface area contributed by atoms with Crippen molar-refractivity contribution in [3.8, 4) is 0 Å². The van der Waals surface area contributed by atoms with Gasteiger partial charge in [0.05, 0.1) is 39.6 Å². The molecule has 10 nitrogen and oxygen atoms in total. The fraction of sp³-hybridized carbons (Fsp3) is 0.719. The number of nitrogens with one attached hydrogen (secondary N) is 3. The van der Waals surface area contributed by atoms with Gasteiger partial charge in [-0.3, -0.25) is 9.59 Å². The third kappa shape index (κ3) is 23.9. The van der Waals surface area contributed by atoms with Gasteiger partial charge in [0.2, 0.25) is 11.8 Å². The van der Waals surface area contributed by atoms with E-state index in [0.29, 0.717) is 65.7 Å². The average Bonchev–Trinajstić information content (AvgIpc) is 2.97. The SMILES string of the molecule is CC(C)(C)OC(=O)NCCCCCCCCCCC(=O)NCCOCCOCCOCCNC(=O)C(Br)c1ccccc1. The molecule has 43 heavy (non-hydrogen) atoms. The monoisotopic (exact) mass is 671 g/mol. The van der Waals surface area contributed by atoms with Gasteiger partial charge >= 0.3 is 6.09 Å². The number of benzene rings is 1. The van der Waals surface area contributed by atoms with Crippen molar-refractivity contribution in [1.82, 2.24) is 16.0 Å². The molecule has 0 saturated carbocycles. The van der Waals surface area contributed by atoms with Gasteiger partial charge in [0.25, 0.3) is 0 Å². The van der Waals surface area contributed by atoms with Crippen LogP contribution in [0.25, 0.3) is 0 Å². The number of rotatable bonds is 25. The van der Waals surface area contributed by atoms with E-state index in [2.05, 4.69) is 31.9 Å². The van der Waals surface area contributed by atoms with E-state index < -0.39 is 5.60 Å². The van der Waals surface area contributed by atoms with E-state index in [1.165, 1.54) is 12.8 Å². The number of carbonyl (C=O) groups excluding carboxylic acids is 3. The molecule has 0 saturated heterocycles. The second-order valence-corrected chi connectivity index (χ2v) is 12.2. The van der Waals surface area contributed by atoms with Crippen molar-refractivity contribution in [2.75, 3.05) is 59.3 Å². The average molecular weight is 673 g/mol. The van der Waals surface area contributed by atoms with E-state index in [1.807, 2.05) is 51.1 Å². The maximum atomic E-state index is 12.1.